The van der Waals surface area contributed by atoms with Crippen LogP contribution in [-0.2, 0) is 33.4 Å². The van der Waals surface area contributed by atoms with E-state index in [1.807, 2.05) is 45.2 Å². The number of hydrogen-bond donors (Lipinski definition) is 0. The van der Waals surface area contributed by atoms with Crippen LogP contribution in [0.25, 0.3) is 21.6 Å². The summed E-state index contributed by atoms with van der Waals surface area (Å²) in [6.07, 6.45) is 3.57. The van der Waals surface area contributed by atoms with Crippen molar-refractivity contribution in [2.75, 3.05) is 34.0 Å². The minimum absolute atomic E-state index is 0.0204. The van der Waals surface area contributed by atoms with Crippen LogP contribution in [0.5, 0.6) is 11.5 Å². The number of nitrogens with zero attached hydrogens (tertiary/aromatic N) is 3. The number of halogens is 1. The van der Waals surface area contributed by atoms with E-state index in [1.54, 1.807) is 18.1 Å². The molecule has 320 valence electrons. The molecular weight excluding hydrogens is 794 g/mol. The molecule has 1 amide bonds. The van der Waals surface area contributed by atoms with Crippen molar-refractivity contribution >= 4 is 57.5 Å². The van der Waals surface area contributed by atoms with Gasteiger partial charge in [-0.1, -0.05) is 59.6 Å². The monoisotopic (exact) mass is 851 g/mol. The van der Waals surface area contributed by atoms with Crippen LogP contribution < -0.4 is 9.47 Å². The van der Waals surface area contributed by atoms with E-state index < -0.39 is 40.8 Å². The number of fused-ring (bicyclic) bond motifs is 2. The first-order valence-corrected chi connectivity index (χ1v) is 22.3. The van der Waals surface area contributed by atoms with Gasteiger partial charge in [-0.3, -0.25) is 19.2 Å². The third-order valence-electron chi connectivity index (χ3n) is 13.0. The minimum atomic E-state index is -0.915. The summed E-state index contributed by atoms with van der Waals surface area (Å²) in [5.74, 6) is 0.341. The number of rotatable bonds is 17. The Morgan fingerprint density at radius 3 is 2.37 bits per heavy atom. The fourth-order valence-electron chi connectivity index (χ4n) is 9.25. The summed E-state index contributed by atoms with van der Waals surface area (Å²) in [6, 6.07) is 4.54. The number of likely N-dealkylation sites (tertiary alicyclic amines) is 1. The maximum atomic E-state index is 14.9. The molecule has 0 spiro atoms. The van der Waals surface area contributed by atoms with Gasteiger partial charge in [0.15, 0.2) is 5.78 Å². The van der Waals surface area contributed by atoms with Crippen molar-refractivity contribution in [2.24, 2.45) is 34.5 Å². The summed E-state index contributed by atoms with van der Waals surface area (Å²) in [7, 11) is 2.94. The Labute approximate surface area is 356 Å². The number of aromatic nitrogens is 2. The predicted octanol–water partition coefficient (Wildman–Crippen LogP) is 8.45. The van der Waals surface area contributed by atoms with Gasteiger partial charge in [0.05, 0.1) is 55.3 Å². The summed E-state index contributed by atoms with van der Waals surface area (Å²) in [6.45, 7) is 12.7. The molecule has 4 aliphatic rings. The number of ether oxygens (including phenoxy) is 5. The number of thiazole rings is 1. The number of ketones is 1. The Hall–Kier alpha value is -3.81. The Morgan fingerprint density at radius 2 is 1.75 bits per heavy atom. The smallest absolute Gasteiger partial charge is 0.312 e. The van der Waals surface area contributed by atoms with Crippen LogP contribution in [0, 0.1) is 34.5 Å². The van der Waals surface area contributed by atoms with Crippen LogP contribution in [0.4, 0.5) is 0 Å². The van der Waals surface area contributed by atoms with Gasteiger partial charge in [-0.15, -0.1) is 11.3 Å². The molecule has 3 aliphatic carbocycles. The summed E-state index contributed by atoms with van der Waals surface area (Å²) in [5.41, 5.74) is 0.410. The third-order valence-corrected chi connectivity index (χ3v) is 14.2. The van der Waals surface area contributed by atoms with Crippen LogP contribution >= 0.6 is 22.9 Å². The molecule has 0 radical (unpaired) electrons. The summed E-state index contributed by atoms with van der Waals surface area (Å²) < 4.78 is 29.1. The summed E-state index contributed by atoms with van der Waals surface area (Å²) >= 11 is 8.46. The van der Waals surface area contributed by atoms with Crippen LogP contribution in [0.1, 0.15) is 105 Å². The lowest BCUT2D eigenvalue weighted by molar-refractivity contribution is -0.157. The zero-order valence-corrected chi connectivity index (χ0v) is 37.1. The average Bonchev–Trinajstić information content (AvgIpc) is 3.82. The van der Waals surface area contributed by atoms with Gasteiger partial charge in [-0.2, -0.15) is 0 Å². The van der Waals surface area contributed by atoms with Gasteiger partial charge in [0.2, 0.25) is 5.91 Å². The molecule has 14 heteroatoms. The minimum Gasteiger partial charge on any atom is -0.490 e. The van der Waals surface area contributed by atoms with Crippen molar-refractivity contribution in [2.45, 2.75) is 117 Å². The zero-order valence-electron chi connectivity index (χ0n) is 35.5. The Bertz CT molecular complexity index is 2070. The molecule has 1 unspecified atom stereocenters. The molecule has 1 aromatic carbocycles. The van der Waals surface area contributed by atoms with Gasteiger partial charge in [0.25, 0.3) is 0 Å². The number of methoxy groups -OCH3 is 2. The van der Waals surface area contributed by atoms with E-state index in [-0.39, 0.29) is 55.4 Å². The van der Waals surface area contributed by atoms with Gasteiger partial charge < -0.3 is 28.6 Å². The van der Waals surface area contributed by atoms with Crippen LogP contribution in [0.3, 0.4) is 0 Å². The van der Waals surface area contributed by atoms with Crippen molar-refractivity contribution in [3.05, 3.63) is 34.3 Å². The Balaban J connectivity index is 1.21. The fraction of sp³-hybridized carbons (Fsp3) is 0.644. The van der Waals surface area contributed by atoms with Gasteiger partial charge in [-0.05, 0) is 66.9 Å². The van der Waals surface area contributed by atoms with E-state index in [9.17, 15) is 19.2 Å². The fourth-order valence-corrected chi connectivity index (χ4v) is 10.5. The van der Waals surface area contributed by atoms with E-state index in [2.05, 4.69) is 13.8 Å². The van der Waals surface area contributed by atoms with E-state index in [0.29, 0.717) is 69.6 Å². The van der Waals surface area contributed by atoms with Gasteiger partial charge in [-0.25, -0.2) is 9.97 Å². The quantitative estimate of drug-likeness (QED) is 0.0954. The molecule has 3 saturated carbocycles. The second-order valence-corrected chi connectivity index (χ2v) is 19.6. The maximum Gasteiger partial charge on any atom is 0.312 e. The van der Waals surface area contributed by atoms with Crippen molar-refractivity contribution in [3.63, 3.8) is 0 Å². The number of benzene rings is 1. The number of Topliss-reactive ketones (excluding diaryl/α,β-unsaturated/α-hetero) is 1. The number of carbonyl (C=O) groups excluding carboxylic acids is 4. The van der Waals surface area contributed by atoms with Crippen molar-refractivity contribution in [3.8, 4) is 22.2 Å². The summed E-state index contributed by atoms with van der Waals surface area (Å²) in [4.78, 5) is 67.4. The van der Waals surface area contributed by atoms with Gasteiger partial charge in [0, 0.05) is 36.8 Å². The molecule has 12 nitrogen and oxygen atoms in total. The highest BCUT2D eigenvalue weighted by Crippen LogP contribution is 2.58. The number of hydrogen-bond acceptors (Lipinski definition) is 12. The predicted molar refractivity (Wildman–Crippen MR) is 225 cm³/mol. The lowest BCUT2D eigenvalue weighted by Crippen LogP contribution is -2.48. The molecule has 3 heterocycles. The van der Waals surface area contributed by atoms with Crippen LogP contribution in [0.2, 0.25) is 5.02 Å². The second-order valence-electron chi connectivity index (χ2n) is 18.4. The molecule has 7 rings (SSSR count). The Morgan fingerprint density at radius 1 is 1.00 bits per heavy atom. The second kappa shape index (κ2) is 17.3. The normalized spacial score (nSPS) is 26.4. The summed E-state index contributed by atoms with van der Waals surface area (Å²) in [5, 5.41) is 3.63. The first-order valence-electron chi connectivity index (χ1n) is 21.0. The zero-order chi connectivity index (χ0) is 42.4. The third kappa shape index (κ3) is 9.12. The standard InChI is InChI=1S/C45H58ClN3O9S/c1-9-27-20-45(27,43(53)55-8)21-35(50)34-17-29(22-49(34)42(52)31(44(4,5)6)18-38(51)58-28-15-25-14-26(25)16-28)57-37-19-32(41-48-33(23-59-41)24(2)3)47-40-30(37)10-11-36(39(40)46)56-13-12-54-7/h10-11,19,23-29,31,34H,9,12-18,20-22H2,1-8H3/t25-,26+,27-,28?,29-,31-,34+,45-/m1/s1. The highest BCUT2D eigenvalue weighted by atomic mass is 35.5. The lowest BCUT2D eigenvalue weighted by Gasteiger charge is -2.35. The topological polar surface area (TPSA) is 143 Å². The number of esters is 2. The molecular formula is C45H58ClN3O9S. The first-order chi connectivity index (χ1) is 28.1. The molecule has 0 N–H and O–H groups in total. The largest absolute Gasteiger partial charge is 0.490 e. The van der Waals surface area contributed by atoms with E-state index in [0.717, 1.165) is 25.0 Å². The van der Waals surface area contributed by atoms with E-state index in [1.165, 1.54) is 24.9 Å². The van der Waals surface area contributed by atoms with E-state index in [4.69, 9.17) is 45.3 Å². The SMILES string of the molecule is CC[C@@H]1C[C@]1(CC(=O)[C@@H]1C[C@@H](Oc2cc(-c3nc(C(C)C)cs3)nc3c(Cl)c(OCCOC)ccc23)CN1C(=O)[C@@H](CC(=O)OC1C[C@@H]2C[C@@H]2C1)C(C)(C)C)C(=O)OC. The lowest BCUT2D eigenvalue weighted by atomic mass is 9.77. The Kier molecular flexibility index (Phi) is 12.7. The highest BCUT2D eigenvalue weighted by Gasteiger charge is 2.62. The van der Waals surface area contributed by atoms with Crippen molar-refractivity contribution < 1.29 is 42.9 Å². The number of pyridine rings is 1. The molecule has 3 aromatic rings. The van der Waals surface area contributed by atoms with Crippen LogP contribution in [-0.4, -0.2) is 90.7 Å². The van der Waals surface area contributed by atoms with Gasteiger partial charge in [0.1, 0.15) is 46.0 Å². The molecule has 4 fully saturated rings. The molecule has 8 atom stereocenters. The molecule has 2 aromatic heterocycles. The van der Waals surface area contributed by atoms with Crippen molar-refractivity contribution in [1.29, 1.82) is 0 Å². The van der Waals surface area contributed by atoms with Crippen molar-refractivity contribution in [1.82, 2.24) is 14.9 Å². The number of carbonyl (C=O) groups is 4. The first kappa shape index (κ1) is 43.3. The highest BCUT2D eigenvalue weighted by molar-refractivity contribution is 7.13. The number of amides is 1. The van der Waals surface area contributed by atoms with E-state index >= 15 is 0 Å². The molecule has 59 heavy (non-hydrogen) atoms. The van der Waals surface area contributed by atoms with Gasteiger partial charge >= 0.3 is 11.9 Å². The molecule has 0 bridgehead atoms. The van der Waals surface area contributed by atoms with Crippen LogP contribution in [0.15, 0.2) is 23.6 Å². The maximum absolute atomic E-state index is 14.9. The average molecular weight is 852 g/mol. The molecule has 1 saturated heterocycles. The molecule has 1 aliphatic heterocycles.